The second kappa shape index (κ2) is 6.19. The van der Waals surface area contributed by atoms with E-state index in [4.69, 9.17) is 4.74 Å². The van der Waals surface area contributed by atoms with Crippen molar-refractivity contribution in [2.75, 3.05) is 0 Å². The number of aromatic amines is 1. The molecule has 3 rings (SSSR count). The van der Waals surface area contributed by atoms with Crippen molar-refractivity contribution in [2.24, 2.45) is 0 Å². The maximum absolute atomic E-state index is 11.9. The highest BCUT2D eigenvalue weighted by Gasteiger charge is 2.18. The van der Waals surface area contributed by atoms with Crippen LogP contribution in [0, 0.1) is 0 Å². The summed E-state index contributed by atoms with van der Waals surface area (Å²) in [6.07, 6.45) is 0.374. The van der Waals surface area contributed by atoms with Gasteiger partial charge in [-0.2, -0.15) is 0 Å². The molecule has 2 N–H and O–H groups in total. The van der Waals surface area contributed by atoms with Crippen molar-refractivity contribution in [1.82, 2.24) is 10.3 Å². The van der Waals surface area contributed by atoms with Crippen LogP contribution >= 0.6 is 0 Å². The van der Waals surface area contributed by atoms with E-state index in [1.54, 1.807) is 0 Å². The molecule has 2 aromatic carbocycles. The topological polar surface area (TPSA) is 54.1 Å². The number of benzene rings is 2. The number of rotatable bonds is 3. The third kappa shape index (κ3) is 3.53. The number of para-hydroxylation sites is 1. The predicted molar refractivity (Wildman–Crippen MR) is 98.3 cm³/mol. The van der Waals surface area contributed by atoms with Gasteiger partial charge in [0.1, 0.15) is 5.60 Å². The van der Waals surface area contributed by atoms with Gasteiger partial charge in [0.25, 0.3) is 0 Å². The lowest BCUT2D eigenvalue weighted by atomic mass is 10.0. The molecule has 4 nitrogen and oxygen atoms in total. The van der Waals surface area contributed by atoms with Crippen LogP contribution in [-0.4, -0.2) is 22.7 Å². The van der Waals surface area contributed by atoms with E-state index in [1.807, 2.05) is 39.8 Å². The van der Waals surface area contributed by atoms with E-state index in [2.05, 4.69) is 40.6 Å². The summed E-state index contributed by atoms with van der Waals surface area (Å²) in [7, 11) is 0. The van der Waals surface area contributed by atoms with Gasteiger partial charge in [-0.25, -0.2) is 4.79 Å². The van der Waals surface area contributed by atoms with Gasteiger partial charge in [-0.15, -0.1) is 0 Å². The van der Waals surface area contributed by atoms with Gasteiger partial charge in [-0.3, -0.25) is 0 Å². The molecule has 0 unspecified atom stereocenters. The number of amides is 1. The number of hydrogen-bond donors (Lipinski definition) is 2. The number of fused-ring (bicyclic) bond motifs is 3. The van der Waals surface area contributed by atoms with Crippen LogP contribution in [0.5, 0.6) is 0 Å². The first-order chi connectivity index (χ1) is 11.3. The first-order valence-corrected chi connectivity index (χ1v) is 8.31. The molecule has 0 radical (unpaired) electrons. The largest absolute Gasteiger partial charge is 0.444 e. The highest BCUT2D eigenvalue weighted by Crippen LogP contribution is 2.28. The Morgan fingerprint density at radius 2 is 1.83 bits per heavy atom. The van der Waals surface area contributed by atoms with Crippen molar-refractivity contribution in [3.8, 4) is 0 Å². The molecule has 1 atom stereocenters. The van der Waals surface area contributed by atoms with Gasteiger partial charge in [-0.1, -0.05) is 30.3 Å². The quantitative estimate of drug-likeness (QED) is 0.728. The first-order valence-electron chi connectivity index (χ1n) is 8.31. The van der Waals surface area contributed by atoms with Gasteiger partial charge in [0.05, 0.1) is 0 Å². The number of alkyl carbamates (subject to hydrolysis) is 1. The van der Waals surface area contributed by atoms with Crippen molar-refractivity contribution in [3.63, 3.8) is 0 Å². The van der Waals surface area contributed by atoms with Crippen LogP contribution in [0.25, 0.3) is 21.8 Å². The molecule has 126 valence electrons. The lowest BCUT2D eigenvalue weighted by molar-refractivity contribution is 0.0508. The van der Waals surface area contributed by atoms with Crippen molar-refractivity contribution in [2.45, 2.75) is 45.8 Å². The van der Waals surface area contributed by atoms with Crippen molar-refractivity contribution < 1.29 is 9.53 Å². The molecular formula is C20H24N2O2. The predicted octanol–water partition coefficient (Wildman–Crippen LogP) is 4.78. The fraction of sp³-hybridized carbons (Fsp3) is 0.350. The van der Waals surface area contributed by atoms with E-state index in [0.717, 1.165) is 17.5 Å². The second-order valence-corrected chi connectivity index (χ2v) is 7.26. The number of H-pyrrole nitrogens is 1. The molecule has 0 spiro atoms. The van der Waals surface area contributed by atoms with Gasteiger partial charge in [0.2, 0.25) is 0 Å². The first kappa shape index (κ1) is 16.4. The van der Waals surface area contributed by atoms with Crippen LogP contribution < -0.4 is 5.32 Å². The molecule has 0 aliphatic carbocycles. The van der Waals surface area contributed by atoms with Crippen LogP contribution in [-0.2, 0) is 11.2 Å². The summed E-state index contributed by atoms with van der Waals surface area (Å²) in [6, 6.07) is 14.5. The Morgan fingerprint density at radius 1 is 1.12 bits per heavy atom. The molecule has 3 aromatic rings. The van der Waals surface area contributed by atoms with Crippen molar-refractivity contribution in [3.05, 3.63) is 48.0 Å². The Kier molecular flexibility index (Phi) is 4.22. The molecule has 4 heteroatoms. The SMILES string of the molecule is C[C@@H](Cc1cccc2[nH]c3ccccc3c12)NC(=O)OC(C)(C)C. The highest BCUT2D eigenvalue weighted by molar-refractivity contribution is 6.08. The zero-order chi connectivity index (χ0) is 17.3. The molecule has 0 bridgehead atoms. The minimum absolute atomic E-state index is 0.0147. The van der Waals surface area contributed by atoms with E-state index in [0.29, 0.717) is 0 Å². The third-order valence-corrected chi connectivity index (χ3v) is 3.91. The number of ether oxygens (including phenoxy) is 1. The van der Waals surface area contributed by atoms with Gasteiger partial charge in [0, 0.05) is 27.8 Å². The molecule has 0 aliphatic heterocycles. The normalized spacial score (nSPS) is 13.2. The fourth-order valence-corrected chi connectivity index (χ4v) is 3.04. The van der Waals surface area contributed by atoms with Gasteiger partial charge in [-0.05, 0) is 51.8 Å². The van der Waals surface area contributed by atoms with Crippen LogP contribution in [0.15, 0.2) is 42.5 Å². The summed E-state index contributed by atoms with van der Waals surface area (Å²) in [5.41, 5.74) is 2.99. The molecule has 0 saturated carbocycles. The minimum atomic E-state index is -0.485. The Hall–Kier alpha value is -2.49. The molecule has 24 heavy (non-hydrogen) atoms. The van der Waals surface area contributed by atoms with E-state index >= 15 is 0 Å². The Balaban J connectivity index is 1.83. The smallest absolute Gasteiger partial charge is 0.407 e. The maximum Gasteiger partial charge on any atom is 0.407 e. The zero-order valence-electron chi connectivity index (χ0n) is 14.6. The minimum Gasteiger partial charge on any atom is -0.444 e. The Morgan fingerprint density at radius 3 is 2.58 bits per heavy atom. The van der Waals surface area contributed by atoms with Gasteiger partial charge in [0.15, 0.2) is 0 Å². The summed E-state index contributed by atoms with van der Waals surface area (Å²) >= 11 is 0. The molecule has 1 amide bonds. The number of hydrogen-bond acceptors (Lipinski definition) is 2. The molecule has 0 fully saturated rings. The van der Waals surface area contributed by atoms with Crippen LogP contribution in [0.4, 0.5) is 4.79 Å². The summed E-state index contributed by atoms with van der Waals surface area (Å²) < 4.78 is 5.33. The summed E-state index contributed by atoms with van der Waals surface area (Å²) in [4.78, 5) is 15.4. The third-order valence-electron chi connectivity index (χ3n) is 3.91. The molecular weight excluding hydrogens is 300 g/mol. The lowest BCUT2D eigenvalue weighted by Crippen LogP contribution is -2.38. The standard InChI is InChI=1S/C20H24N2O2/c1-13(21-19(23)24-20(2,3)4)12-14-8-7-11-17-18(14)15-9-5-6-10-16(15)22-17/h5-11,13,22H,12H2,1-4H3,(H,21,23)/t13-/m0/s1. The number of carbonyl (C=O) groups excluding carboxylic acids is 1. The Labute approximate surface area is 142 Å². The second-order valence-electron chi connectivity index (χ2n) is 7.26. The van der Waals surface area contributed by atoms with E-state index < -0.39 is 5.60 Å². The monoisotopic (exact) mass is 324 g/mol. The molecule has 1 aromatic heterocycles. The maximum atomic E-state index is 11.9. The van der Waals surface area contributed by atoms with E-state index in [-0.39, 0.29) is 12.1 Å². The van der Waals surface area contributed by atoms with E-state index in [1.165, 1.54) is 16.3 Å². The average molecular weight is 324 g/mol. The van der Waals surface area contributed by atoms with Gasteiger partial charge >= 0.3 is 6.09 Å². The number of nitrogens with one attached hydrogen (secondary N) is 2. The van der Waals surface area contributed by atoms with Crippen LogP contribution in [0.3, 0.4) is 0 Å². The number of aromatic nitrogens is 1. The molecule has 0 saturated heterocycles. The van der Waals surface area contributed by atoms with Crippen LogP contribution in [0.2, 0.25) is 0 Å². The number of carbonyl (C=O) groups is 1. The highest BCUT2D eigenvalue weighted by atomic mass is 16.6. The van der Waals surface area contributed by atoms with Gasteiger partial charge < -0.3 is 15.0 Å². The molecule has 0 aliphatic rings. The lowest BCUT2D eigenvalue weighted by Gasteiger charge is -2.22. The summed E-state index contributed by atoms with van der Waals surface area (Å²) in [5, 5.41) is 5.36. The Bertz CT molecular complexity index is 874. The summed E-state index contributed by atoms with van der Waals surface area (Å²) in [6.45, 7) is 7.59. The summed E-state index contributed by atoms with van der Waals surface area (Å²) in [5.74, 6) is 0. The zero-order valence-corrected chi connectivity index (χ0v) is 14.6. The van der Waals surface area contributed by atoms with E-state index in [9.17, 15) is 4.79 Å². The molecule has 1 heterocycles. The average Bonchev–Trinajstić information content (AvgIpc) is 2.84. The fourth-order valence-electron chi connectivity index (χ4n) is 3.04. The van der Waals surface area contributed by atoms with Crippen LogP contribution in [0.1, 0.15) is 33.3 Å². The van der Waals surface area contributed by atoms with Crippen molar-refractivity contribution >= 4 is 27.9 Å². The van der Waals surface area contributed by atoms with Crippen molar-refractivity contribution in [1.29, 1.82) is 0 Å².